The molecule has 1 amide bonds. The van der Waals surface area contributed by atoms with Crippen LogP contribution in [0, 0.1) is 36.2 Å². The molecule has 0 radical (unpaired) electrons. The fourth-order valence-corrected chi connectivity index (χ4v) is 4.73. The van der Waals surface area contributed by atoms with E-state index in [9.17, 15) is 26.7 Å². The van der Waals surface area contributed by atoms with Gasteiger partial charge < -0.3 is 9.47 Å². The Morgan fingerprint density at radius 3 is 2.13 bits per heavy atom. The van der Waals surface area contributed by atoms with Crippen LogP contribution >= 0.6 is 45.2 Å². The van der Waals surface area contributed by atoms with E-state index in [1.165, 1.54) is 13.0 Å². The van der Waals surface area contributed by atoms with Crippen molar-refractivity contribution in [3.05, 3.63) is 89.3 Å². The number of nitrogens with zero attached hydrogens (tertiary/aromatic N) is 2. The topological polar surface area (TPSA) is 51.1 Å². The Balaban J connectivity index is 1.67. The van der Waals surface area contributed by atoms with E-state index in [0.29, 0.717) is 27.2 Å². The number of anilines is 1. The predicted octanol–water partition coefficient (Wildman–Crippen LogP) is 7.38. The highest BCUT2D eigenvalue weighted by Gasteiger charge is 2.37. The van der Waals surface area contributed by atoms with Crippen LogP contribution in [0.1, 0.15) is 25.0 Å². The van der Waals surface area contributed by atoms with Crippen LogP contribution in [0.3, 0.4) is 0 Å². The van der Waals surface area contributed by atoms with Crippen LogP contribution in [0.4, 0.5) is 27.6 Å². The highest BCUT2D eigenvalue weighted by molar-refractivity contribution is 14.1. The van der Waals surface area contributed by atoms with Crippen LogP contribution < -0.4 is 14.5 Å². The van der Waals surface area contributed by atoms with Crippen LogP contribution in [0.5, 0.6) is 11.5 Å². The second-order valence-electron chi connectivity index (χ2n) is 7.96. The molecule has 1 aliphatic rings. The monoisotopic (exact) mass is 754 g/mol. The lowest BCUT2D eigenvalue weighted by Gasteiger charge is -2.16. The van der Waals surface area contributed by atoms with Gasteiger partial charge in [-0.25, -0.2) is 22.0 Å². The van der Waals surface area contributed by atoms with Crippen molar-refractivity contribution in [2.45, 2.75) is 20.5 Å². The van der Waals surface area contributed by atoms with Crippen molar-refractivity contribution < 1.29 is 36.2 Å². The first-order valence-corrected chi connectivity index (χ1v) is 13.2. The molecule has 1 heterocycles. The molecule has 1 aliphatic heterocycles. The highest BCUT2D eigenvalue weighted by atomic mass is 127. The van der Waals surface area contributed by atoms with Gasteiger partial charge in [0, 0.05) is 3.57 Å². The van der Waals surface area contributed by atoms with E-state index in [-0.39, 0.29) is 22.9 Å². The molecule has 0 N–H and O–H groups in total. The summed E-state index contributed by atoms with van der Waals surface area (Å²) in [5.41, 5.74) is -0.105. The first-order chi connectivity index (χ1) is 18.0. The minimum absolute atomic E-state index is 0.0194. The molecule has 198 valence electrons. The number of hydrazone groups is 1. The van der Waals surface area contributed by atoms with Gasteiger partial charge in [-0.1, -0.05) is 12.1 Å². The van der Waals surface area contributed by atoms with Gasteiger partial charge in [0.25, 0.3) is 5.91 Å². The molecule has 0 bridgehead atoms. The van der Waals surface area contributed by atoms with Gasteiger partial charge in [-0.05, 0) is 100 Å². The molecule has 0 saturated heterocycles. The van der Waals surface area contributed by atoms with Gasteiger partial charge in [-0.3, -0.25) is 4.79 Å². The first kappa shape index (κ1) is 28.3. The van der Waals surface area contributed by atoms with E-state index in [1.807, 2.05) is 46.9 Å². The Morgan fingerprint density at radius 2 is 1.53 bits per heavy atom. The van der Waals surface area contributed by atoms with E-state index in [4.69, 9.17) is 9.47 Å². The smallest absolute Gasteiger partial charge is 0.280 e. The third-order valence-electron chi connectivity index (χ3n) is 5.40. The van der Waals surface area contributed by atoms with Crippen molar-refractivity contribution in [2.24, 2.45) is 5.10 Å². The summed E-state index contributed by atoms with van der Waals surface area (Å²) in [4.78, 5) is 13.0. The number of amides is 1. The molecule has 38 heavy (non-hydrogen) atoms. The zero-order valence-electron chi connectivity index (χ0n) is 19.7. The van der Waals surface area contributed by atoms with Crippen molar-refractivity contribution in [2.75, 3.05) is 11.6 Å². The van der Waals surface area contributed by atoms with Gasteiger partial charge in [0.15, 0.2) is 34.8 Å². The SMILES string of the molecule is CCOc1cc(/C=C2/C(=O)N(c3c(F)c(F)c(F)c(F)c3F)N=C2C)cc(I)c1OCc1ccc(I)cc1. The average molecular weight is 754 g/mol. The normalized spacial score (nSPS) is 14.3. The van der Waals surface area contributed by atoms with Crippen LogP contribution in [-0.2, 0) is 11.4 Å². The summed E-state index contributed by atoms with van der Waals surface area (Å²) in [6.07, 6.45) is 1.39. The Kier molecular flexibility index (Phi) is 8.59. The number of hydrogen-bond acceptors (Lipinski definition) is 4. The van der Waals surface area contributed by atoms with E-state index in [1.54, 1.807) is 19.1 Å². The van der Waals surface area contributed by atoms with Gasteiger partial charge in [0.2, 0.25) is 5.82 Å². The molecular formula is C26H17F5I2N2O3. The zero-order chi connectivity index (χ0) is 27.7. The fourth-order valence-electron chi connectivity index (χ4n) is 3.59. The summed E-state index contributed by atoms with van der Waals surface area (Å²) in [6, 6.07) is 11.1. The molecule has 0 aromatic heterocycles. The van der Waals surface area contributed by atoms with Gasteiger partial charge >= 0.3 is 0 Å². The molecule has 3 aromatic carbocycles. The Bertz CT molecular complexity index is 1460. The largest absolute Gasteiger partial charge is 0.490 e. The maximum atomic E-state index is 14.3. The highest BCUT2D eigenvalue weighted by Crippen LogP contribution is 2.37. The molecule has 3 aromatic rings. The number of hydrogen-bond donors (Lipinski definition) is 0. The Hall–Kier alpha value is -2.75. The molecule has 0 spiro atoms. The zero-order valence-corrected chi connectivity index (χ0v) is 24.0. The minimum Gasteiger partial charge on any atom is -0.490 e. The average Bonchev–Trinajstić information content (AvgIpc) is 3.15. The number of halogens is 7. The van der Waals surface area contributed by atoms with Crippen LogP contribution in [-0.4, -0.2) is 18.2 Å². The van der Waals surface area contributed by atoms with Gasteiger partial charge in [-0.15, -0.1) is 0 Å². The van der Waals surface area contributed by atoms with Crippen molar-refractivity contribution in [3.8, 4) is 11.5 Å². The summed E-state index contributed by atoms with van der Waals surface area (Å²) < 4.78 is 83.0. The molecule has 0 fully saturated rings. The minimum atomic E-state index is -2.32. The number of carbonyl (C=O) groups excluding carboxylic acids is 1. The number of rotatable bonds is 7. The van der Waals surface area contributed by atoms with Crippen molar-refractivity contribution in [3.63, 3.8) is 0 Å². The molecule has 0 unspecified atom stereocenters. The molecule has 4 rings (SSSR count). The van der Waals surface area contributed by atoms with Crippen molar-refractivity contribution in [1.29, 1.82) is 0 Å². The Morgan fingerprint density at radius 1 is 0.921 bits per heavy atom. The number of carbonyl (C=O) groups is 1. The molecule has 0 aliphatic carbocycles. The number of benzene rings is 3. The van der Waals surface area contributed by atoms with Gasteiger partial charge in [0.1, 0.15) is 12.3 Å². The molecule has 0 atom stereocenters. The summed E-state index contributed by atoms with van der Waals surface area (Å²) in [7, 11) is 0. The van der Waals surface area contributed by atoms with Crippen molar-refractivity contribution >= 4 is 68.6 Å². The standard InChI is InChI=1S/C26H17F5I2N2O3/c1-3-37-18-10-14(9-17(33)25(18)38-11-13-4-6-15(32)7-5-13)8-16-12(2)34-35(26(16)36)24-22(30)20(28)19(27)21(29)23(24)31/h4-10H,3,11H2,1-2H3/b16-8+. The molecular weight excluding hydrogens is 737 g/mol. The van der Waals surface area contributed by atoms with E-state index < -0.39 is 40.7 Å². The maximum absolute atomic E-state index is 14.3. The van der Waals surface area contributed by atoms with Gasteiger partial charge in [-0.2, -0.15) is 10.1 Å². The third kappa shape index (κ3) is 5.51. The van der Waals surface area contributed by atoms with Crippen molar-refractivity contribution in [1.82, 2.24) is 0 Å². The van der Waals surface area contributed by atoms with Crippen LogP contribution in [0.15, 0.2) is 47.1 Å². The van der Waals surface area contributed by atoms with E-state index >= 15 is 0 Å². The first-order valence-electron chi connectivity index (χ1n) is 11.0. The van der Waals surface area contributed by atoms with Gasteiger partial charge in [0.05, 0.1) is 21.5 Å². The van der Waals surface area contributed by atoms with Crippen LogP contribution in [0.25, 0.3) is 6.08 Å². The quantitative estimate of drug-likeness (QED) is 0.0833. The molecule has 5 nitrogen and oxygen atoms in total. The van der Waals surface area contributed by atoms with Crippen LogP contribution in [0.2, 0.25) is 0 Å². The molecule has 0 saturated carbocycles. The number of ether oxygens (including phenoxy) is 2. The molecule has 12 heteroatoms. The lowest BCUT2D eigenvalue weighted by atomic mass is 10.1. The lowest BCUT2D eigenvalue weighted by Crippen LogP contribution is -2.25. The second-order valence-corrected chi connectivity index (χ2v) is 10.4. The van der Waals surface area contributed by atoms with E-state index in [2.05, 4.69) is 27.7 Å². The lowest BCUT2D eigenvalue weighted by molar-refractivity contribution is -0.114. The summed E-state index contributed by atoms with van der Waals surface area (Å²) in [5, 5.41) is 3.93. The fraction of sp³-hybridized carbons (Fsp3) is 0.154. The Labute approximate surface area is 241 Å². The third-order valence-corrected chi connectivity index (χ3v) is 6.92. The predicted molar refractivity (Wildman–Crippen MR) is 149 cm³/mol. The maximum Gasteiger partial charge on any atom is 0.280 e. The summed E-state index contributed by atoms with van der Waals surface area (Å²) in [6.45, 7) is 3.78. The second kappa shape index (κ2) is 11.6. The summed E-state index contributed by atoms with van der Waals surface area (Å²) in [5.74, 6) is -11.2. The van der Waals surface area contributed by atoms with E-state index in [0.717, 1.165) is 9.13 Å². The summed E-state index contributed by atoms with van der Waals surface area (Å²) >= 11 is 4.26.